The Morgan fingerprint density at radius 1 is 0.696 bits per heavy atom. The van der Waals surface area contributed by atoms with Gasteiger partial charge in [-0.05, 0) is 103 Å². The topological polar surface area (TPSA) is 128 Å². The predicted octanol–water partition coefficient (Wildman–Crippen LogP) is 6.58. The van der Waals surface area contributed by atoms with Gasteiger partial charge in [-0.25, -0.2) is 18.0 Å². The second-order valence-electron chi connectivity index (χ2n) is 11.7. The minimum absolute atomic E-state index is 0.148. The average Bonchev–Trinajstić information content (AvgIpc) is 2.91. The van der Waals surface area contributed by atoms with Gasteiger partial charge in [-0.1, -0.05) is 18.2 Å². The Morgan fingerprint density at radius 3 is 1.35 bits per heavy atom. The molecule has 0 saturated carbocycles. The normalized spacial score (nSPS) is 12.1. The number of carbonyl (C=O) groups is 2. The van der Waals surface area contributed by atoms with Crippen molar-refractivity contribution in [3.63, 3.8) is 0 Å². The van der Waals surface area contributed by atoms with Crippen molar-refractivity contribution in [2.24, 2.45) is 0 Å². The lowest BCUT2D eigenvalue weighted by molar-refractivity contribution is -0.158. The lowest BCUT2D eigenvalue weighted by Gasteiger charge is -2.19. The maximum absolute atomic E-state index is 12.0. The van der Waals surface area contributed by atoms with E-state index in [0.717, 1.165) is 9.79 Å². The van der Waals surface area contributed by atoms with Gasteiger partial charge in [0.05, 0.1) is 10.9 Å². The molecule has 3 rings (SSSR count). The Bertz CT molecular complexity index is 1480. The van der Waals surface area contributed by atoms with Crippen molar-refractivity contribution in [3.05, 3.63) is 78.4 Å². The molecule has 0 bridgehead atoms. The fraction of sp³-hybridized carbons (Fsp3) is 0.375. The zero-order valence-electron chi connectivity index (χ0n) is 26.5. The van der Waals surface area contributed by atoms with E-state index in [1.54, 1.807) is 0 Å². The van der Waals surface area contributed by atoms with Crippen molar-refractivity contribution in [3.8, 4) is 11.5 Å². The Hall–Kier alpha value is -3.75. The summed E-state index contributed by atoms with van der Waals surface area (Å²) in [6.45, 7) is 12.8. The fourth-order valence-corrected chi connectivity index (χ4v) is 5.75. The number of benzene rings is 3. The second kappa shape index (κ2) is 15.7. The van der Waals surface area contributed by atoms with E-state index in [-0.39, 0.29) is 24.1 Å². The molecule has 0 aliphatic heterocycles. The van der Waals surface area contributed by atoms with Gasteiger partial charge < -0.3 is 23.5 Å². The summed E-state index contributed by atoms with van der Waals surface area (Å²) in [7, 11) is -6.48. The third kappa shape index (κ3) is 13.3. The zero-order valence-corrected chi connectivity index (χ0v) is 28.1. The number of aryl methyl sites for hydroxylation is 1. The molecule has 0 radical (unpaired) electrons. The molecule has 3 aromatic carbocycles. The summed E-state index contributed by atoms with van der Waals surface area (Å²) in [5, 5.41) is 0. The highest BCUT2D eigenvalue weighted by molar-refractivity contribution is 7.97. The number of hydrogen-bond donors (Lipinski definition) is 0. The number of ether oxygens (including phenoxy) is 4. The number of esters is 2. The van der Waals surface area contributed by atoms with E-state index in [9.17, 15) is 22.8 Å². The van der Waals surface area contributed by atoms with E-state index >= 15 is 0 Å². The Morgan fingerprint density at radius 2 is 1.04 bits per heavy atom. The third-order valence-electron chi connectivity index (χ3n) is 5.27. The monoisotopic (exact) mass is 686 g/mol. The number of alkyl halides is 3. The summed E-state index contributed by atoms with van der Waals surface area (Å²) in [5.74, 6) is 0.378. The van der Waals surface area contributed by atoms with E-state index in [1.807, 2.05) is 102 Å². The van der Waals surface area contributed by atoms with Crippen LogP contribution >= 0.6 is 0 Å². The molecule has 0 amide bonds. The predicted molar refractivity (Wildman–Crippen MR) is 165 cm³/mol. The quantitative estimate of drug-likeness (QED) is 0.106. The van der Waals surface area contributed by atoms with Crippen LogP contribution < -0.4 is 9.47 Å². The van der Waals surface area contributed by atoms with Gasteiger partial charge in [0.15, 0.2) is 38.0 Å². The van der Waals surface area contributed by atoms with Gasteiger partial charge >= 0.3 is 17.4 Å². The molecule has 0 fully saturated rings. The van der Waals surface area contributed by atoms with Crippen molar-refractivity contribution in [2.75, 3.05) is 13.2 Å². The molecule has 0 unspecified atom stereocenters. The summed E-state index contributed by atoms with van der Waals surface area (Å²) < 4.78 is 80.8. The maximum atomic E-state index is 12.0. The molecular weight excluding hydrogens is 649 g/mol. The van der Waals surface area contributed by atoms with E-state index in [0.29, 0.717) is 11.5 Å². The van der Waals surface area contributed by atoms with E-state index in [1.165, 1.54) is 10.5 Å². The Balaban J connectivity index is 0.000000812. The number of halogens is 3. The van der Waals surface area contributed by atoms with Gasteiger partial charge in [0.2, 0.25) is 0 Å². The van der Waals surface area contributed by atoms with Crippen LogP contribution in [0.5, 0.6) is 11.5 Å². The van der Waals surface area contributed by atoms with Crippen LogP contribution in [0.2, 0.25) is 0 Å². The lowest BCUT2D eigenvalue weighted by Crippen LogP contribution is -2.27. The molecule has 0 saturated heterocycles. The van der Waals surface area contributed by atoms with Gasteiger partial charge in [-0.15, -0.1) is 0 Å². The first-order valence-corrected chi connectivity index (χ1v) is 16.4. The highest BCUT2D eigenvalue weighted by Gasteiger charge is 2.37. The molecule has 0 atom stereocenters. The minimum Gasteiger partial charge on any atom is -0.741 e. The molecule has 3 aromatic rings. The lowest BCUT2D eigenvalue weighted by atomic mass is 10.2. The van der Waals surface area contributed by atoms with Crippen LogP contribution in [-0.4, -0.2) is 54.8 Å². The number of rotatable bonds is 9. The highest BCUT2D eigenvalue weighted by atomic mass is 32.2. The number of carbonyl (C=O) groups excluding carboxylic acids is 2. The van der Waals surface area contributed by atoms with E-state index in [2.05, 4.69) is 19.1 Å². The molecule has 0 spiro atoms. The first kappa shape index (κ1) is 38.4. The highest BCUT2D eigenvalue weighted by Crippen LogP contribution is 2.34. The molecule has 0 aromatic heterocycles. The molecule has 252 valence electrons. The number of hydrogen-bond acceptors (Lipinski definition) is 9. The van der Waals surface area contributed by atoms with Crippen LogP contribution in [-0.2, 0) is 40.1 Å². The molecule has 0 N–H and O–H groups in total. The summed E-state index contributed by atoms with van der Waals surface area (Å²) >= 11 is 0. The maximum Gasteiger partial charge on any atom is 0.485 e. The standard InChI is InChI=1S/C31H37O6S.CHF3O3S/c1-22-10-8-9-11-27(22)38(25-16-12-23(13-17-25)34-20-28(32)36-30(2,3)4)26-18-14-24(15-19-26)35-21-29(33)37-31(5,6)7;2-1(3,4)8(5,6)7/h8-19H,20-21H2,1-7H3;(H,5,6,7)/q+1;/p-1. The third-order valence-corrected chi connectivity index (χ3v) is 8.22. The molecule has 0 aliphatic carbocycles. The fourth-order valence-electron chi connectivity index (χ4n) is 3.55. The summed E-state index contributed by atoms with van der Waals surface area (Å²) in [6.07, 6.45) is 0. The van der Waals surface area contributed by atoms with E-state index in [4.69, 9.17) is 31.9 Å². The molecular formula is C32H37F3O9S2. The molecule has 0 aliphatic rings. The van der Waals surface area contributed by atoms with Crippen LogP contribution in [0.1, 0.15) is 47.1 Å². The van der Waals surface area contributed by atoms with Gasteiger partial charge in [0.25, 0.3) is 0 Å². The minimum atomic E-state index is -6.09. The zero-order chi connectivity index (χ0) is 34.9. The summed E-state index contributed by atoms with van der Waals surface area (Å²) in [6, 6.07) is 23.9. The largest absolute Gasteiger partial charge is 0.741 e. The summed E-state index contributed by atoms with van der Waals surface area (Å²) in [5.41, 5.74) is -5.57. The Labute approximate surface area is 270 Å². The SMILES string of the molecule is Cc1ccccc1[S+](c1ccc(OCC(=O)OC(C)(C)C)cc1)c1ccc(OCC(=O)OC(C)(C)C)cc1.O=S(=O)([O-])C(F)(F)F. The van der Waals surface area contributed by atoms with Crippen LogP contribution in [0, 0.1) is 6.92 Å². The van der Waals surface area contributed by atoms with Gasteiger partial charge in [0, 0.05) is 5.56 Å². The smallest absolute Gasteiger partial charge is 0.485 e. The van der Waals surface area contributed by atoms with Crippen LogP contribution in [0.25, 0.3) is 0 Å². The first-order chi connectivity index (χ1) is 21.1. The molecule has 46 heavy (non-hydrogen) atoms. The second-order valence-corrected chi connectivity index (χ2v) is 15.0. The Kier molecular flexibility index (Phi) is 13.1. The average molecular weight is 687 g/mol. The van der Waals surface area contributed by atoms with Crippen molar-refractivity contribution in [1.82, 2.24) is 0 Å². The van der Waals surface area contributed by atoms with Crippen LogP contribution in [0.3, 0.4) is 0 Å². The van der Waals surface area contributed by atoms with Gasteiger partial charge in [0.1, 0.15) is 22.7 Å². The van der Waals surface area contributed by atoms with E-state index < -0.39 is 38.8 Å². The molecule has 9 nitrogen and oxygen atoms in total. The molecule has 14 heteroatoms. The van der Waals surface area contributed by atoms with Crippen molar-refractivity contribution in [2.45, 2.75) is 79.9 Å². The van der Waals surface area contributed by atoms with Gasteiger partial charge in [-0.2, -0.15) is 13.2 Å². The van der Waals surface area contributed by atoms with Crippen LogP contribution in [0.15, 0.2) is 87.5 Å². The van der Waals surface area contributed by atoms with Crippen molar-refractivity contribution >= 4 is 33.0 Å². The van der Waals surface area contributed by atoms with Crippen LogP contribution in [0.4, 0.5) is 13.2 Å². The molecule has 0 heterocycles. The first-order valence-electron chi connectivity index (χ1n) is 13.8. The van der Waals surface area contributed by atoms with Crippen molar-refractivity contribution < 1.29 is 54.7 Å². The summed E-state index contributed by atoms with van der Waals surface area (Å²) in [4.78, 5) is 27.4. The van der Waals surface area contributed by atoms with Gasteiger partial charge in [-0.3, -0.25) is 0 Å². The van der Waals surface area contributed by atoms with Crippen molar-refractivity contribution in [1.29, 1.82) is 0 Å².